The van der Waals surface area contributed by atoms with Crippen LogP contribution in [0.4, 0.5) is 0 Å². The molecule has 0 radical (unpaired) electrons. The highest BCUT2D eigenvalue weighted by Crippen LogP contribution is 2.19. The predicted octanol–water partition coefficient (Wildman–Crippen LogP) is 3.62. The second-order valence-electron chi connectivity index (χ2n) is 4.63. The SMILES string of the molecule is O=C(O)c1ccc(C=CS(=O)(=O)Cc2ccccc2Cl)cc1. The molecule has 0 heterocycles. The van der Waals surface area contributed by atoms with Gasteiger partial charge in [0.25, 0.3) is 0 Å². The molecule has 22 heavy (non-hydrogen) atoms. The lowest BCUT2D eigenvalue weighted by molar-refractivity contribution is 0.0697. The molecular formula is C16H13ClO4S. The van der Waals surface area contributed by atoms with E-state index in [-0.39, 0.29) is 11.3 Å². The third kappa shape index (κ3) is 4.44. The molecule has 0 aliphatic heterocycles. The van der Waals surface area contributed by atoms with Crippen molar-refractivity contribution < 1.29 is 18.3 Å². The molecule has 0 bridgehead atoms. The topological polar surface area (TPSA) is 71.4 Å². The minimum absolute atomic E-state index is 0.149. The summed E-state index contributed by atoms with van der Waals surface area (Å²) in [5, 5.41) is 10.3. The zero-order chi connectivity index (χ0) is 16.2. The highest BCUT2D eigenvalue weighted by Gasteiger charge is 2.10. The molecule has 0 saturated carbocycles. The normalized spacial score (nSPS) is 11.7. The number of carboxylic acids is 1. The Balaban J connectivity index is 2.14. The van der Waals surface area contributed by atoms with Crippen LogP contribution in [-0.2, 0) is 15.6 Å². The van der Waals surface area contributed by atoms with Crippen LogP contribution in [0.3, 0.4) is 0 Å². The van der Waals surface area contributed by atoms with Crippen molar-refractivity contribution in [2.75, 3.05) is 0 Å². The average molecular weight is 337 g/mol. The Labute approximate surface area is 133 Å². The molecule has 6 heteroatoms. The van der Waals surface area contributed by atoms with Gasteiger partial charge in [-0.25, -0.2) is 13.2 Å². The van der Waals surface area contributed by atoms with Crippen molar-refractivity contribution in [1.29, 1.82) is 0 Å². The number of aromatic carboxylic acids is 1. The predicted molar refractivity (Wildman–Crippen MR) is 86.5 cm³/mol. The number of carboxylic acid groups (broad SMARTS) is 1. The molecule has 0 aliphatic carbocycles. The molecule has 0 spiro atoms. The summed E-state index contributed by atoms with van der Waals surface area (Å²) in [5.41, 5.74) is 1.29. The first-order valence-electron chi connectivity index (χ1n) is 6.35. The van der Waals surface area contributed by atoms with E-state index >= 15 is 0 Å². The van der Waals surface area contributed by atoms with Crippen LogP contribution < -0.4 is 0 Å². The van der Waals surface area contributed by atoms with Crippen molar-refractivity contribution in [2.45, 2.75) is 5.75 Å². The zero-order valence-electron chi connectivity index (χ0n) is 11.4. The van der Waals surface area contributed by atoms with Gasteiger partial charge >= 0.3 is 5.97 Å². The molecule has 114 valence electrons. The van der Waals surface area contributed by atoms with E-state index in [1.54, 1.807) is 36.4 Å². The number of sulfone groups is 1. The molecule has 0 aromatic heterocycles. The summed E-state index contributed by atoms with van der Waals surface area (Å²) in [5.74, 6) is -1.21. The summed E-state index contributed by atoms with van der Waals surface area (Å²) in [6.45, 7) is 0. The second-order valence-corrected chi connectivity index (χ2v) is 6.92. The van der Waals surface area contributed by atoms with Gasteiger partial charge in [0.1, 0.15) is 0 Å². The van der Waals surface area contributed by atoms with E-state index in [0.29, 0.717) is 16.1 Å². The van der Waals surface area contributed by atoms with Gasteiger partial charge in [-0.3, -0.25) is 0 Å². The van der Waals surface area contributed by atoms with E-state index in [4.69, 9.17) is 16.7 Å². The van der Waals surface area contributed by atoms with E-state index in [1.165, 1.54) is 18.2 Å². The molecule has 0 amide bonds. The molecule has 0 saturated heterocycles. The summed E-state index contributed by atoms with van der Waals surface area (Å²) in [7, 11) is -3.46. The maximum Gasteiger partial charge on any atom is 0.335 e. The van der Waals surface area contributed by atoms with Gasteiger partial charge in [-0.1, -0.05) is 41.9 Å². The highest BCUT2D eigenvalue weighted by molar-refractivity contribution is 7.93. The maximum absolute atomic E-state index is 12.1. The van der Waals surface area contributed by atoms with Crippen LogP contribution in [0.5, 0.6) is 0 Å². The van der Waals surface area contributed by atoms with E-state index in [9.17, 15) is 13.2 Å². The lowest BCUT2D eigenvalue weighted by Gasteiger charge is -2.02. The maximum atomic E-state index is 12.1. The zero-order valence-corrected chi connectivity index (χ0v) is 13.0. The van der Waals surface area contributed by atoms with E-state index in [0.717, 1.165) is 5.41 Å². The molecule has 2 rings (SSSR count). The number of rotatable bonds is 5. The third-order valence-electron chi connectivity index (χ3n) is 2.94. The third-order valence-corrected chi connectivity index (χ3v) is 4.57. The van der Waals surface area contributed by atoms with Crippen LogP contribution >= 0.6 is 11.6 Å². The van der Waals surface area contributed by atoms with Gasteiger partial charge < -0.3 is 5.11 Å². The average Bonchev–Trinajstić information content (AvgIpc) is 2.48. The van der Waals surface area contributed by atoms with Crippen LogP contribution in [0.25, 0.3) is 6.08 Å². The summed E-state index contributed by atoms with van der Waals surface area (Å²) >= 11 is 5.95. The van der Waals surface area contributed by atoms with Crippen molar-refractivity contribution >= 4 is 33.5 Å². The molecule has 4 nitrogen and oxygen atoms in total. The Morgan fingerprint density at radius 1 is 1.09 bits per heavy atom. The van der Waals surface area contributed by atoms with Crippen LogP contribution in [0.2, 0.25) is 5.02 Å². The van der Waals surface area contributed by atoms with Crippen molar-refractivity contribution in [2.24, 2.45) is 0 Å². The summed E-state index contributed by atoms with van der Waals surface area (Å²) in [6.07, 6.45) is 1.43. The van der Waals surface area contributed by atoms with Gasteiger partial charge in [0.15, 0.2) is 9.84 Å². The van der Waals surface area contributed by atoms with E-state index in [1.807, 2.05) is 0 Å². The van der Waals surface area contributed by atoms with E-state index in [2.05, 4.69) is 0 Å². The number of benzene rings is 2. The number of carbonyl (C=O) groups is 1. The van der Waals surface area contributed by atoms with Gasteiger partial charge in [-0.15, -0.1) is 0 Å². The van der Waals surface area contributed by atoms with Crippen molar-refractivity contribution in [3.63, 3.8) is 0 Å². The van der Waals surface area contributed by atoms with Crippen molar-refractivity contribution in [3.8, 4) is 0 Å². The van der Waals surface area contributed by atoms with E-state index < -0.39 is 15.8 Å². The fourth-order valence-electron chi connectivity index (χ4n) is 1.80. The molecule has 0 fully saturated rings. The quantitative estimate of drug-likeness (QED) is 0.905. The Morgan fingerprint density at radius 3 is 2.32 bits per heavy atom. The number of hydrogen-bond donors (Lipinski definition) is 1. The first-order valence-corrected chi connectivity index (χ1v) is 8.44. The Morgan fingerprint density at radius 2 is 1.73 bits per heavy atom. The van der Waals surface area contributed by atoms with Gasteiger partial charge in [0.05, 0.1) is 11.3 Å². The lowest BCUT2D eigenvalue weighted by Crippen LogP contribution is -2.00. The molecule has 0 aliphatic rings. The molecule has 0 unspecified atom stereocenters. The first-order chi connectivity index (χ1) is 10.4. The van der Waals surface area contributed by atoms with Gasteiger partial charge in [0, 0.05) is 10.4 Å². The Kier molecular flexibility index (Phi) is 5.00. The summed E-state index contributed by atoms with van der Waals surface area (Å²) < 4.78 is 24.1. The fourth-order valence-corrected chi connectivity index (χ4v) is 3.23. The highest BCUT2D eigenvalue weighted by atomic mass is 35.5. The van der Waals surface area contributed by atoms with Gasteiger partial charge in [-0.2, -0.15) is 0 Å². The lowest BCUT2D eigenvalue weighted by atomic mass is 10.1. The van der Waals surface area contributed by atoms with Crippen LogP contribution in [0, 0.1) is 0 Å². The summed E-state index contributed by atoms with van der Waals surface area (Å²) in [4.78, 5) is 10.7. The molecule has 0 atom stereocenters. The molecular weight excluding hydrogens is 324 g/mol. The molecule has 1 N–H and O–H groups in total. The standard InChI is InChI=1S/C16H13ClO4S/c17-15-4-2-1-3-14(15)11-22(20,21)10-9-12-5-7-13(8-6-12)16(18)19/h1-10H,11H2,(H,18,19). The van der Waals surface area contributed by atoms with Crippen molar-refractivity contribution in [3.05, 3.63) is 75.7 Å². The Hall–Kier alpha value is -2.11. The van der Waals surface area contributed by atoms with Crippen LogP contribution in [0.1, 0.15) is 21.5 Å². The van der Waals surface area contributed by atoms with Gasteiger partial charge in [0.2, 0.25) is 0 Å². The fraction of sp³-hybridized carbons (Fsp3) is 0.0625. The molecule has 2 aromatic rings. The van der Waals surface area contributed by atoms with Crippen molar-refractivity contribution in [1.82, 2.24) is 0 Å². The first kappa shape index (κ1) is 16.3. The smallest absolute Gasteiger partial charge is 0.335 e. The monoisotopic (exact) mass is 336 g/mol. The Bertz CT molecular complexity index is 808. The van der Waals surface area contributed by atoms with Crippen LogP contribution in [0.15, 0.2) is 53.9 Å². The largest absolute Gasteiger partial charge is 0.478 e. The number of hydrogen-bond acceptors (Lipinski definition) is 3. The summed E-state index contributed by atoms with van der Waals surface area (Å²) in [6, 6.07) is 12.7. The molecule has 2 aromatic carbocycles. The second kappa shape index (κ2) is 6.77. The van der Waals surface area contributed by atoms with Gasteiger partial charge in [-0.05, 0) is 35.4 Å². The minimum atomic E-state index is -3.46. The minimum Gasteiger partial charge on any atom is -0.478 e. The number of halogens is 1. The van der Waals surface area contributed by atoms with Crippen LogP contribution in [-0.4, -0.2) is 19.5 Å².